The summed E-state index contributed by atoms with van der Waals surface area (Å²) in [5, 5.41) is 26.8. The minimum Gasteiger partial charge on any atom is -0.449 e. The van der Waals surface area contributed by atoms with Crippen molar-refractivity contribution in [3.05, 3.63) is 29.1 Å². The highest BCUT2D eigenvalue weighted by molar-refractivity contribution is 6.28. The highest BCUT2D eigenvalue weighted by Gasteiger charge is 2.53. The van der Waals surface area contributed by atoms with Crippen LogP contribution in [0.2, 0.25) is 5.28 Å². The number of aromatic nitrogens is 5. The van der Waals surface area contributed by atoms with E-state index in [1.165, 1.54) is 17.0 Å². The number of imidazole rings is 1. The maximum absolute atomic E-state index is 12.9. The van der Waals surface area contributed by atoms with Crippen LogP contribution >= 0.6 is 11.6 Å². The molecule has 4 heterocycles. The van der Waals surface area contributed by atoms with E-state index in [4.69, 9.17) is 20.9 Å². The third-order valence-electron chi connectivity index (χ3n) is 5.70. The van der Waals surface area contributed by atoms with Crippen molar-refractivity contribution in [1.82, 2.24) is 24.7 Å². The number of esters is 1. The number of aliphatic hydroxyl groups excluding tert-OH is 2. The Morgan fingerprint density at radius 1 is 1.33 bits per heavy atom. The van der Waals surface area contributed by atoms with E-state index in [1.807, 2.05) is 13.8 Å². The molecule has 4 atom stereocenters. The van der Waals surface area contributed by atoms with Crippen molar-refractivity contribution >= 4 is 34.6 Å². The fraction of sp³-hybridized carbons (Fsp3) is 0.550. The second-order valence-electron chi connectivity index (χ2n) is 8.01. The molecule has 16 heteroatoms. The first-order valence-corrected chi connectivity index (χ1v) is 11.3. The third kappa shape index (κ3) is 4.96. The molecule has 1 fully saturated rings. The molecule has 4 rings (SSSR count). The lowest BCUT2D eigenvalue weighted by atomic mass is 10.1. The van der Waals surface area contributed by atoms with Gasteiger partial charge in [-0.2, -0.15) is 23.1 Å². The van der Waals surface area contributed by atoms with Crippen molar-refractivity contribution in [2.45, 2.75) is 70.1 Å². The van der Waals surface area contributed by atoms with Crippen LogP contribution in [0.25, 0.3) is 11.2 Å². The number of ether oxygens (including phenoxy) is 2. The number of alkyl halides is 3. The lowest BCUT2D eigenvalue weighted by molar-refractivity contribution is -0.210. The number of hydrogen-bond acceptors (Lipinski definition) is 11. The van der Waals surface area contributed by atoms with Crippen molar-refractivity contribution in [3.63, 3.8) is 0 Å². The lowest BCUT2D eigenvalue weighted by Crippen LogP contribution is -2.38. The number of carbonyl (C=O) groups excluding carboxylic acids is 1. The average Bonchev–Trinajstić information content (AvgIpc) is 3.54. The molecule has 3 aromatic rings. The molecule has 0 bridgehead atoms. The number of carbonyl (C=O) groups is 1. The standard InChI is InChI=1S/C20H22ClF3N6O6/c1-3-8(4-2)26-15-11-16(28-19(21)27-15)30(7-25-11)17-12(32)14(35-18(33)20(22,23)24)13(34-17)10-5-9(6-31)29-36-10/h5,7-8,12-14,17,31-32H,3-4,6H2,1-2H3,(H,26,27,28)/t12-,13-,14+,17-/m1/s1. The van der Waals surface area contributed by atoms with Gasteiger partial charge in [-0.15, -0.1) is 0 Å². The lowest BCUT2D eigenvalue weighted by Gasteiger charge is -2.20. The zero-order valence-corrected chi connectivity index (χ0v) is 19.7. The quantitative estimate of drug-likeness (QED) is 0.288. The summed E-state index contributed by atoms with van der Waals surface area (Å²) in [7, 11) is 0. The molecule has 0 unspecified atom stereocenters. The number of aliphatic hydroxyl groups is 2. The maximum atomic E-state index is 12.9. The number of hydrogen-bond donors (Lipinski definition) is 3. The van der Waals surface area contributed by atoms with Gasteiger partial charge < -0.3 is 29.5 Å². The van der Waals surface area contributed by atoms with E-state index in [9.17, 15) is 28.2 Å². The van der Waals surface area contributed by atoms with Crippen molar-refractivity contribution in [3.8, 4) is 0 Å². The summed E-state index contributed by atoms with van der Waals surface area (Å²) in [4.78, 5) is 24.2. The molecule has 0 amide bonds. The smallest absolute Gasteiger partial charge is 0.449 e. The Kier molecular flexibility index (Phi) is 7.36. The largest absolute Gasteiger partial charge is 0.490 e. The Morgan fingerprint density at radius 3 is 2.67 bits per heavy atom. The van der Waals surface area contributed by atoms with Crippen LogP contribution in [0, 0.1) is 0 Å². The first kappa shape index (κ1) is 26.1. The Morgan fingerprint density at radius 2 is 2.06 bits per heavy atom. The topological polar surface area (TPSA) is 158 Å². The summed E-state index contributed by atoms with van der Waals surface area (Å²) in [5.74, 6) is -2.38. The van der Waals surface area contributed by atoms with E-state index >= 15 is 0 Å². The normalized spacial score (nSPS) is 22.5. The number of halogens is 4. The van der Waals surface area contributed by atoms with Gasteiger partial charge in [0.15, 0.2) is 41.2 Å². The Balaban J connectivity index is 1.73. The van der Waals surface area contributed by atoms with E-state index in [0.717, 1.165) is 12.8 Å². The van der Waals surface area contributed by atoms with Crippen molar-refractivity contribution in [2.24, 2.45) is 0 Å². The van der Waals surface area contributed by atoms with Crippen molar-refractivity contribution in [1.29, 1.82) is 0 Å². The SMILES string of the molecule is CCC(CC)Nc1nc(Cl)nc2c1ncn2[C@@H]1O[C@H](c2cc(CO)no2)[C@@H](OC(=O)C(F)(F)F)[C@H]1O. The van der Waals surface area contributed by atoms with Gasteiger partial charge >= 0.3 is 12.1 Å². The first-order chi connectivity index (χ1) is 17.1. The molecular formula is C20H22ClF3N6O6. The Hall–Kier alpha value is -3.01. The molecule has 3 aromatic heterocycles. The summed E-state index contributed by atoms with van der Waals surface area (Å²) in [6.07, 6.45) is -9.09. The molecule has 0 radical (unpaired) electrons. The van der Waals surface area contributed by atoms with Crippen LogP contribution in [0.4, 0.5) is 19.0 Å². The molecule has 3 N–H and O–H groups in total. The van der Waals surface area contributed by atoms with Gasteiger partial charge in [0.05, 0.1) is 12.9 Å². The average molecular weight is 535 g/mol. The molecule has 0 aromatic carbocycles. The molecule has 12 nitrogen and oxygen atoms in total. The zero-order valence-electron chi connectivity index (χ0n) is 18.9. The van der Waals surface area contributed by atoms with Crippen LogP contribution < -0.4 is 5.32 Å². The van der Waals surface area contributed by atoms with Gasteiger partial charge in [0, 0.05) is 12.1 Å². The van der Waals surface area contributed by atoms with Crippen LogP contribution in [-0.2, 0) is 20.9 Å². The van der Waals surface area contributed by atoms with Crippen molar-refractivity contribution < 1.29 is 42.2 Å². The second-order valence-corrected chi connectivity index (χ2v) is 8.35. The van der Waals surface area contributed by atoms with Gasteiger partial charge in [0.2, 0.25) is 5.28 Å². The van der Waals surface area contributed by atoms with E-state index < -0.39 is 43.3 Å². The van der Waals surface area contributed by atoms with Gasteiger partial charge in [0.25, 0.3) is 0 Å². The van der Waals surface area contributed by atoms with Crippen LogP contribution in [0.15, 0.2) is 16.9 Å². The Labute approximate surface area is 206 Å². The maximum Gasteiger partial charge on any atom is 0.490 e. The Bertz CT molecular complexity index is 1230. The summed E-state index contributed by atoms with van der Waals surface area (Å²) >= 11 is 6.11. The van der Waals surface area contributed by atoms with E-state index in [1.54, 1.807) is 0 Å². The molecule has 1 aliphatic heterocycles. The molecule has 0 saturated carbocycles. The van der Waals surface area contributed by atoms with Gasteiger partial charge in [-0.1, -0.05) is 19.0 Å². The fourth-order valence-electron chi connectivity index (χ4n) is 3.83. The molecule has 0 aliphatic carbocycles. The van der Waals surface area contributed by atoms with Gasteiger partial charge in [0.1, 0.15) is 11.8 Å². The van der Waals surface area contributed by atoms with Gasteiger partial charge in [-0.25, -0.2) is 9.78 Å². The highest BCUT2D eigenvalue weighted by Crippen LogP contribution is 2.42. The first-order valence-electron chi connectivity index (χ1n) is 10.9. The molecule has 1 saturated heterocycles. The van der Waals surface area contributed by atoms with E-state index in [0.29, 0.717) is 5.82 Å². The number of rotatable bonds is 8. The number of fused-ring (bicyclic) bond motifs is 1. The van der Waals surface area contributed by atoms with Crippen LogP contribution in [0.5, 0.6) is 0 Å². The predicted molar refractivity (Wildman–Crippen MR) is 116 cm³/mol. The third-order valence-corrected chi connectivity index (χ3v) is 5.87. The minimum atomic E-state index is -5.32. The number of nitrogens with zero attached hydrogens (tertiary/aromatic N) is 5. The monoisotopic (exact) mass is 534 g/mol. The van der Waals surface area contributed by atoms with Crippen molar-refractivity contribution in [2.75, 3.05) is 5.32 Å². The summed E-state index contributed by atoms with van der Waals surface area (Å²) in [6, 6.07) is 1.26. The van der Waals surface area contributed by atoms with Crippen LogP contribution in [0.3, 0.4) is 0 Å². The number of anilines is 1. The summed E-state index contributed by atoms with van der Waals surface area (Å²) in [5.41, 5.74) is 0.441. The molecule has 36 heavy (non-hydrogen) atoms. The van der Waals surface area contributed by atoms with Crippen LogP contribution in [-0.4, -0.2) is 65.3 Å². The van der Waals surface area contributed by atoms with Gasteiger partial charge in [-0.3, -0.25) is 4.57 Å². The predicted octanol–water partition coefficient (Wildman–Crippen LogP) is 2.67. The molecule has 1 aliphatic rings. The summed E-state index contributed by atoms with van der Waals surface area (Å²) < 4.78 is 55.4. The van der Waals surface area contributed by atoms with Gasteiger partial charge in [-0.05, 0) is 24.4 Å². The highest BCUT2D eigenvalue weighted by atomic mass is 35.5. The van der Waals surface area contributed by atoms with E-state index in [2.05, 4.69) is 30.2 Å². The van der Waals surface area contributed by atoms with E-state index in [-0.39, 0.29) is 33.9 Å². The zero-order chi connectivity index (χ0) is 26.2. The fourth-order valence-corrected chi connectivity index (χ4v) is 3.99. The second kappa shape index (κ2) is 10.2. The molecule has 0 spiro atoms. The number of nitrogens with one attached hydrogen (secondary N) is 1. The summed E-state index contributed by atoms with van der Waals surface area (Å²) in [6.45, 7) is 3.44. The van der Waals surface area contributed by atoms with Crippen LogP contribution in [0.1, 0.15) is 50.5 Å². The minimum absolute atomic E-state index is 0.0529. The molecular weight excluding hydrogens is 513 g/mol. The molecule has 196 valence electrons.